The molecule has 4 heteroatoms. The smallest absolute Gasteiger partial charge is 0.150 e. The normalized spacial score (nSPS) is 18.9. The van der Waals surface area contributed by atoms with Crippen molar-refractivity contribution < 1.29 is 8.42 Å². The zero-order chi connectivity index (χ0) is 12.7. The molecule has 1 aliphatic carbocycles. The maximum atomic E-state index is 11.4. The third-order valence-electron chi connectivity index (χ3n) is 3.78. The van der Waals surface area contributed by atoms with Gasteiger partial charge >= 0.3 is 0 Å². The van der Waals surface area contributed by atoms with Crippen LogP contribution in [0.1, 0.15) is 52.4 Å². The van der Waals surface area contributed by atoms with Gasteiger partial charge < -0.3 is 5.32 Å². The van der Waals surface area contributed by atoms with Crippen LogP contribution in [0.15, 0.2) is 0 Å². The van der Waals surface area contributed by atoms with Gasteiger partial charge in [-0.3, -0.25) is 0 Å². The third kappa shape index (κ3) is 5.87. The Morgan fingerprint density at radius 3 is 2.47 bits per heavy atom. The maximum absolute atomic E-state index is 11.4. The van der Waals surface area contributed by atoms with Gasteiger partial charge in [-0.05, 0) is 31.7 Å². The Morgan fingerprint density at radius 1 is 1.29 bits per heavy atom. The lowest BCUT2D eigenvalue weighted by molar-refractivity contribution is 0.255. The number of sulfone groups is 1. The highest BCUT2D eigenvalue weighted by Gasteiger charge is 2.21. The van der Waals surface area contributed by atoms with E-state index in [9.17, 15) is 8.42 Å². The first-order valence-corrected chi connectivity index (χ1v) is 8.83. The number of hydrogen-bond acceptors (Lipinski definition) is 3. The molecule has 1 unspecified atom stereocenters. The van der Waals surface area contributed by atoms with Gasteiger partial charge in [0.25, 0.3) is 0 Å². The summed E-state index contributed by atoms with van der Waals surface area (Å²) in [6.07, 6.45) is 7.17. The zero-order valence-corrected chi connectivity index (χ0v) is 12.1. The molecule has 0 aromatic rings. The number of hydrogen-bond donors (Lipinski definition) is 1. The molecule has 0 radical (unpaired) electrons. The summed E-state index contributed by atoms with van der Waals surface area (Å²) < 4.78 is 22.8. The van der Waals surface area contributed by atoms with Crippen molar-refractivity contribution in [1.29, 1.82) is 0 Å². The van der Waals surface area contributed by atoms with Gasteiger partial charge in [0.15, 0.2) is 0 Å². The maximum Gasteiger partial charge on any atom is 0.150 e. The fraction of sp³-hybridized carbons (Fsp3) is 1.00. The molecule has 1 fully saturated rings. The molecule has 3 nitrogen and oxygen atoms in total. The predicted octanol–water partition coefficient (Wildman–Crippen LogP) is 2.37. The van der Waals surface area contributed by atoms with E-state index in [1.54, 1.807) is 6.92 Å². The highest BCUT2D eigenvalue weighted by Crippen LogP contribution is 2.31. The molecule has 1 aliphatic rings. The minimum atomic E-state index is -2.78. The van der Waals surface area contributed by atoms with Crippen LogP contribution in [0.4, 0.5) is 0 Å². The summed E-state index contributed by atoms with van der Waals surface area (Å²) in [6.45, 7) is 4.83. The fourth-order valence-electron chi connectivity index (χ4n) is 2.42. The van der Waals surface area contributed by atoms with Crippen LogP contribution in [0.5, 0.6) is 0 Å². The van der Waals surface area contributed by atoms with Gasteiger partial charge in [0.05, 0.1) is 5.75 Å². The minimum absolute atomic E-state index is 0.279. The van der Waals surface area contributed by atoms with E-state index >= 15 is 0 Å². The van der Waals surface area contributed by atoms with Crippen molar-refractivity contribution in [2.75, 3.05) is 18.1 Å². The Labute approximate surface area is 106 Å². The summed E-state index contributed by atoms with van der Waals surface area (Å²) in [5.74, 6) is 1.53. The van der Waals surface area contributed by atoms with Gasteiger partial charge in [0.2, 0.25) is 0 Å². The molecule has 17 heavy (non-hydrogen) atoms. The largest absolute Gasteiger partial charge is 0.314 e. The van der Waals surface area contributed by atoms with Gasteiger partial charge in [-0.15, -0.1) is 0 Å². The van der Waals surface area contributed by atoms with Crippen molar-refractivity contribution in [3.63, 3.8) is 0 Å². The van der Waals surface area contributed by atoms with Crippen molar-refractivity contribution in [3.05, 3.63) is 0 Å². The van der Waals surface area contributed by atoms with Crippen molar-refractivity contribution in [1.82, 2.24) is 5.32 Å². The summed E-state index contributed by atoms with van der Waals surface area (Å²) in [4.78, 5) is 0. The van der Waals surface area contributed by atoms with Crippen LogP contribution in [0, 0.1) is 5.92 Å². The molecule has 0 saturated heterocycles. The van der Waals surface area contributed by atoms with Crippen LogP contribution < -0.4 is 5.32 Å². The quantitative estimate of drug-likeness (QED) is 0.693. The molecule has 0 spiro atoms. The molecule has 0 heterocycles. The van der Waals surface area contributed by atoms with Crippen LogP contribution in [-0.2, 0) is 9.84 Å². The van der Waals surface area contributed by atoms with Gasteiger partial charge in [0, 0.05) is 11.8 Å². The lowest BCUT2D eigenvalue weighted by Gasteiger charge is -2.30. The van der Waals surface area contributed by atoms with E-state index in [0.29, 0.717) is 11.8 Å². The summed E-state index contributed by atoms with van der Waals surface area (Å²) in [7, 11) is -2.78. The third-order valence-corrected chi connectivity index (χ3v) is 5.57. The van der Waals surface area contributed by atoms with Crippen LogP contribution in [0.2, 0.25) is 0 Å². The lowest BCUT2D eigenvalue weighted by atomic mass is 9.80. The zero-order valence-electron chi connectivity index (χ0n) is 11.2. The first-order valence-electron chi connectivity index (χ1n) is 7.01. The SMILES string of the molecule is CCNC(CCCS(=O)(=O)CC)CC1CCC1. The topological polar surface area (TPSA) is 46.2 Å². The molecule has 0 aromatic carbocycles. The summed E-state index contributed by atoms with van der Waals surface area (Å²) >= 11 is 0. The standard InChI is InChI=1S/C13H27NO2S/c1-3-14-13(11-12-7-5-8-12)9-6-10-17(15,16)4-2/h12-14H,3-11H2,1-2H3. The van der Waals surface area contributed by atoms with E-state index in [1.165, 1.54) is 25.7 Å². The van der Waals surface area contributed by atoms with Crippen LogP contribution in [0.3, 0.4) is 0 Å². The van der Waals surface area contributed by atoms with Gasteiger partial charge in [-0.25, -0.2) is 8.42 Å². The second-order valence-electron chi connectivity index (χ2n) is 5.17. The second kappa shape index (κ2) is 7.37. The van der Waals surface area contributed by atoms with E-state index in [1.807, 2.05) is 0 Å². The second-order valence-corrected chi connectivity index (χ2v) is 7.64. The molecular weight excluding hydrogens is 234 g/mol. The Hall–Kier alpha value is -0.0900. The molecule has 1 saturated carbocycles. The Balaban J connectivity index is 2.23. The molecule has 0 amide bonds. The minimum Gasteiger partial charge on any atom is -0.314 e. The van der Waals surface area contributed by atoms with E-state index < -0.39 is 9.84 Å². The predicted molar refractivity (Wildman–Crippen MR) is 73.0 cm³/mol. The summed E-state index contributed by atoms with van der Waals surface area (Å²) in [6, 6.07) is 0.525. The van der Waals surface area contributed by atoms with Crippen LogP contribution in [-0.4, -0.2) is 32.5 Å². The number of nitrogens with one attached hydrogen (secondary N) is 1. The lowest BCUT2D eigenvalue weighted by Crippen LogP contribution is -2.33. The highest BCUT2D eigenvalue weighted by atomic mass is 32.2. The van der Waals surface area contributed by atoms with Gasteiger partial charge in [0.1, 0.15) is 9.84 Å². The van der Waals surface area contributed by atoms with E-state index in [0.717, 1.165) is 25.3 Å². The Bertz CT molecular complexity index is 297. The van der Waals surface area contributed by atoms with Crippen LogP contribution in [0.25, 0.3) is 0 Å². The van der Waals surface area contributed by atoms with Crippen molar-refractivity contribution in [2.24, 2.45) is 5.92 Å². The summed E-state index contributed by atoms with van der Waals surface area (Å²) in [5, 5.41) is 3.49. The van der Waals surface area contributed by atoms with E-state index in [2.05, 4.69) is 12.2 Å². The Morgan fingerprint density at radius 2 is 2.00 bits per heavy atom. The molecule has 0 bridgehead atoms. The molecule has 1 N–H and O–H groups in total. The van der Waals surface area contributed by atoms with E-state index in [4.69, 9.17) is 0 Å². The molecule has 0 aliphatic heterocycles. The van der Waals surface area contributed by atoms with Crippen molar-refractivity contribution in [2.45, 2.75) is 58.4 Å². The average molecular weight is 261 g/mol. The van der Waals surface area contributed by atoms with Gasteiger partial charge in [-0.2, -0.15) is 0 Å². The average Bonchev–Trinajstić information content (AvgIpc) is 2.23. The van der Waals surface area contributed by atoms with Gasteiger partial charge in [-0.1, -0.05) is 33.1 Å². The van der Waals surface area contributed by atoms with Crippen LogP contribution >= 0.6 is 0 Å². The molecule has 1 rings (SSSR count). The fourth-order valence-corrected chi connectivity index (χ4v) is 3.31. The van der Waals surface area contributed by atoms with Crippen molar-refractivity contribution >= 4 is 9.84 Å². The first kappa shape index (κ1) is 15.0. The summed E-state index contributed by atoms with van der Waals surface area (Å²) in [5.41, 5.74) is 0. The Kier molecular flexibility index (Phi) is 6.49. The molecule has 0 aromatic heterocycles. The molecule has 1 atom stereocenters. The number of rotatable bonds is 9. The monoisotopic (exact) mass is 261 g/mol. The molecule has 102 valence electrons. The van der Waals surface area contributed by atoms with Crippen molar-refractivity contribution in [3.8, 4) is 0 Å². The van der Waals surface area contributed by atoms with E-state index in [-0.39, 0.29) is 5.75 Å². The first-order chi connectivity index (χ1) is 8.07. The molecular formula is C13H27NO2S. The highest BCUT2D eigenvalue weighted by molar-refractivity contribution is 7.91.